The van der Waals surface area contributed by atoms with E-state index in [9.17, 15) is 0 Å². The Hall–Kier alpha value is -2.60. The summed E-state index contributed by atoms with van der Waals surface area (Å²) in [6.07, 6.45) is 7.51. The van der Waals surface area contributed by atoms with Crippen molar-refractivity contribution in [2.75, 3.05) is 30.4 Å². The second-order valence-electron chi connectivity index (χ2n) is 7.76. The van der Waals surface area contributed by atoms with E-state index in [0.717, 1.165) is 43.1 Å². The minimum atomic E-state index is 0.971. The molecule has 0 saturated carbocycles. The molecule has 0 unspecified atom stereocenters. The standard InChI is InChI=1S/C23H29N5S/c1-6-9-17(20-11-8-13-29-20)22-18-10-7-12-28(23(18)25-27(22)5)19-15-24-21(26(3)4)14-16(19)2/h8-9,11,13-15H,6-7,10,12H2,1-5H3/b17-9+. The normalized spacial score (nSPS) is 14.2. The van der Waals surface area contributed by atoms with Crippen LogP contribution in [0, 0.1) is 6.92 Å². The van der Waals surface area contributed by atoms with E-state index in [4.69, 9.17) is 5.10 Å². The molecule has 0 aliphatic carbocycles. The van der Waals surface area contributed by atoms with Gasteiger partial charge < -0.3 is 9.80 Å². The lowest BCUT2D eigenvalue weighted by Gasteiger charge is -2.29. The summed E-state index contributed by atoms with van der Waals surface area (Å²) < 4.78 is 2.07. The first-order valence-electron chi connectivity index (χ1n) is 10.2. The molecule has 0 bridgehead atoms. The third-order valence-electron chi connectivity index (χ3n) is 5.46. The van der Waals surface area contributed by atoms with Crippen LogP contribution in [0.4, 0.5) is 17.3 Å². The van der Waals surface area contributed by atoms with Crippen molar-refractivity contribution in [3.63, 3.8) is 0 Å². The number of thiophene rings is 1. The molecule has 0 saturated heterocycles. The lowest BCUT2D eigenvalue weighted by atomic mass is 9.98. The molecule has 0 fully saturated rings. The lowest BCUT2D eigenvalue weighted by Crippen LogP contribution is -2.26. The number of rotatable bonds is 5. The second-order valence-corrected chi connectivity index (χ2v) is 8.70. The van der Waals surface area contributed by atoms with Crippen LogP contribution >= 0.6 is 11.3 Å². The molecule has 29 heavy (non-hydrogen) atoms. The van der Waals surface area contributed by atoms with Gasteiger partial charge in [0, 0.05) is 43.7 Å². The fourth-order valence-electron chi connectivity index (χ4n) is 4.10. The largest absolute Gasteiger partial charge is 0.363 e. The molecular weight excluding hydrogens is 378 g/mol. The molecule has 0 atom stereocenters. The molecule has 0 aromatic carbocycles. The van der Waals surface area contributed by atoms with Crippen LogP contribution in [0.1, 0.15) is 41.5 Å². The van der Waals surface area contributed by atoms with Gasteiger partial charge in [0.05, 0.1) is 17.6 Å². The highest BCUT2D eigenvalue weighted by Gasteiger charge is 2.28. The van der Waals surface area contributed by atoms with Gasteiger partial charge in [0.2, 0.25) is 0 Å². The van der Waals surface area contributed by atoms with Crippen LogP contribution < -0.4 is 9.80 Å². The molecule has 0 amide bonds. The number of allylic oxidation sites excluding steroid dienone is 1. The van der Waals surface area contributed by atoms with Crippen molar-refractivity contribution in [3.05, 3.63) is 57.6 Å². The van der Waals surface area contributed by atoms with Gasteiger partial charge in [-0.05, 0) is 49.3 Å². The van der Waals surface area contributed by atoms with Crippen molar-refractivity contribution in [1.82, 2.24) is 14.8 Å². The number of fused-ring (bicyclic) bond motifs is 1. The number of nitrogens with zero attached hydrogens (tertiary/aromatic N) is 5. The summed E-state index contributed by atoms with van der Waals surface area (Å²) in [6, 6.07) is 6.49. The third kappa shape index (κ3) is 3.57. The number of anilines is 3. The monoisotopic (exact) mass is 407 g/mol. The minimum Gasteiger partial charge on any atom is -0.363 e. The highest BCUT2D eigenvalue weighted by atomic mass is 32.1. The lowest BCUT2D eigenvalue weighted by molar-refractivity contribution is 0.738. The van der Waals surface area contributed by atoms with Crippen LogP contribution in [0.25, 0.3) is 5.57 Å². The van der Waals surface area contributed by atoms with Crippen LogP contribution in [-0.4, -0.2) is 35.4 Å². The van der Waals surface area contributed by atoms with E-state index >= 15 is 0 Å². The van der Waals surface area contributed by atoms with Gasteiger partial charge >= 0.3 is 0 Å². The van der Waals surface area contributed by atoms with Gasteiger partial charge in [0.25, 0.3) is 0 Å². The van der Waals surface area contributed by atoms with E-state index in [0.29, 0.717) is 0 Å². The Labute approximate surface area is 177 Å². The van der Waals surface area contributed by atoms with Crippen LogP contribution in [0.2, 0.25) is 0 Å². The molecular formula is C23H29N5S. The molecule has 4 rings (SSSR count). The first-order chi connectivity index (χ1) is 14.0. The molecule has 3 aromatic rings. The van der Waals surface area contributed by atoms with E-state index in [1.54, 1.807) is 11.3 Å². The molecule has 3 aromatic heterocycles. The van der Waals surface area contributed by atoms with Crippen molar-refractivity contribution in [2.45, 2.75) is 33.1 Å². The van der Waals surface area contributed by atoms with Crippen LogP contribution in [0.15, 0.2) is 35.9 Å². The van der Waals surface area contributed by atoms with Gasteiger partial charge in [-0.1, -0.05) is 19.1 Å². The first kappa shape index (κ1) is 19.7. The van der Waals surface area contributed by atoms with E-state index < -0.39 is 0 Å². The second kappa shape index (κ2) is 8.03. The summed E-state index contributed by atoms with van der Waals surface area (Å²) in [6.45, 7) is 5.33. The van der Waals surface area contributed by atoms with Gasteiger partial charge in [0.1, 0.15) is 5.82 Å². The number of aryl methyl sites for hydroxylation is 2. The molecule has 4 heterocycles. The third-order valence-corrected chi connectivity index (χ3v) is 6.36. The van der Waals surface area contributed by atoms with E-state index in [1.807, 2.05) is 25.2 Å². The van der Waals surface area contributed by atoms with Crippen molar-refractivity contribution >= 4 is 34.2 Å². The molecule has 0 N–H and O–H groups in total. The topological polar surface area (TPSA) is 37.2 Å². The van der Waals surface area contributed by atoms with E-state index in [1.165, 1.54) is 27.3 Å². The molecule has 6 heteroatoms. The highest BCUT2D eigenvalue weighted by molar-refractivity contribution is 7.11. The zero-order valence-corrected chi connectivity index (χ0v) is 18.8. The summed E-state index contributed by atoms with van der Waals surface area (Å²) in [4.78, 5) is 10.4. The Morgan fingerprint density at radius 1 is 1.34 bits per heavy atom. The average molecular weight is 408 g/mol. The Bertz CT molecular complexity index is 1030. The van der Waals surface area contributed by atoms with Gasteiger partial charge in [-0.15, -0.1) is 11.3 Å². The fourth-order valence-corrected chi connectivity index (χ4v) is 4.87. The van der Waals surface area contributed by atoms with Crippen molar-refractivity contribution in [2.24, 2.45) is 7.05 Å². The summed E-state index contributed by atoms with van der Waals surface area (Å²) in [5, 5.41) is 7.14. The zero-order valence-electron chi connectivity index (χ0n) is 17.9. The van der Waals surface area contributed by atoms with Gasteiger partial charge in [0.15, 0.2) is 5.82 Å². The van der Waals surface area contributed by atoms with Crippen molar-refractivity contribution in [3.8, 4) is 0 Å². The van der Waals surface area contributed by atoms with Crippen LogP contribution in [0.3, 0.4) is 0 Å². The van der Waals surface area contributed by atoms with Gasteiger partial charge in [-0.2, -0.15) is 5.10 Å². The fraction of sp³-hybridized carbons (Fsp3) is 0.391. The quantitative estimate of drug-likeness (QED) is 0.584. The van der Waals surface area contributed by atoms with Gasteiger partial charge in [-0.3, -0.25) is 4.68 Å². The maximum Gasteiger partial charge on any atom is 0.158 e. The van der Waals surface area contributed by atoms with Crippen molar-refractivity contribution in [1.29, 1.82) is 0 Å². The molecule has 0 spiro atoms. The summed E-state index contributed by atoms with van der Waals surface area (Å²) in [5.41, 5.74) is 6.29. The number of aromatic nitrogens is 3. The summed E-state index contributed by atoms with van der Waals surface area (Å²) >= 11 is 1.79. The van der Waals surface area contributed by atoms with Crippen LogP contribution in [-0.2, 0) is 13.5 Å². The maximum absolute atomic E-state index is 4.99. The molecule has 1 aliphatic rings. The van der Waals surface area contributed by atoms with Gasteiger partial charge in [-0.25, -0.2) is 4.98 Å². The predicted octanol–water partition coefficient (Wildman–Crippen LogP) is 5.18. The highest BCUT2D eigenvalue weighted by Crippen LogP contribution is 2.40. The van der Waals surface area contributed by atoms with E-state index in [-0.39, 0.29) is 0 Å². The Balaban J connectivity index is 1.81. The number of hydrogen-bond donors (Lipinski definition) is 0. The Morgan fingerprint density at radius 3 is 2.83 bits per heavy atom. The van der Waals surface area contributed by atoms with Crippen LogP contribution in [0.5, 0.6) is 0 Å². The SMILES string of the molecule is CC/C=C(\c1cccs1)c1c2c(nn1C)N(c1cnc(N(C)C)cc1C)CCC2. The van der Waals surface area contributed by atoms with Crippen molar-refractivity contribution < 1.29 is 0 Å². The number of pyridine rings is 1. The minimum absolute atomic E-state index is 0.971. The van der Waals surface area contributed by atoms with E-state index in [2.05, 4.69) is 65.1 Å². The predicted molar refractivity (Wildman–Crippen MR) is 124 cm³/mol. The summed E-state index contributed by atoms with van der Waals surface area (Å²) in [5.74, 6) is 2.06. The Morgan fingerprint density at radius 2 is 2.17 bits per heavy atom. The average Bonchev–Trinajstić information content (AvgIpc) is 3.33. The number of hydrogen-bond acceptors (Lipinski definition) is 5. The summed E-state index contributed by atoms with van der Waals surface area (Å²) in [7, 11) is 6.12. The molecule has 1 aliphatic heterocycles. The molecule has 152 valence electrons. The Kier molecular flexibility index (Phi) is 5.46. The smallest absolute Gasteiger partial charge is 0.158 e. The zero-order chi connectivity index (χ0) is 20.5. The maximum atomic E-state index is 4.99. The molecule has 5 nitrogen and oxygen atoms in total. The first-order valence-corrected chi connectivity index (χ1v) is 11.1. The molecule has 0 radical (unpaired) electrons.